The van der Waals surface area contributed by atoms with E-state index in [2.05, 4.69) is 0 Å². The van der Waals surface area contributed by atoms with E-state index in [1.54, 1.807) is 0 Å². The molecule has 0 aromatic heterocycles. The summed E-state index contributed by atoms with van der Waals surface area (Å²) in [6.07, 6.45) is 4.18. The summed E-state index contributed by atoms with van der Waals surface area (Å²) in [5.74, 6) is -1.12. The number of ketones is 2. The maximum Gasteiger partial charge on any atom is 0.313 e. The molecule has 0 heterocycles. The second-order valence-electron chi connectivity index (χ2n) is 7.32. The van der Waals surface area contributed by atoms with Crippen molar-refractivity contribution in [2.24, 2.45) is 0 Å². The Labute approximate surface area is 198 Å². The van der Waals surface area contributed by atoms with Gasteiger partial charge in [0.15, 0.2) is 0 Å². The number of carbonyl (C=O) groups is 4. The van der Waals surface area contributed by atoms with Crippen molar-refractivity contribution >= 4 is 23.5 Å². The Kier molecular flexibility index (Phi) is 28.0. The van der Waals surface area contributed by atoms with Gasteiger partial charge in [0.25, 0.3) is 0 Å². The molecule has 0 amide bonds. The molecule has 0 rings (SSSR count). The topological polar surface area (TPSA) is 105 Å². The first kappa shape index (κ1) is 34.5. The number of esters is 2. The monoisotopic (exact) mass is 482 g/mol. The maximum atomic E-state index is 10.7. The standard InChI is InChI=1S/2C8H14O3.2C3H7O.Ti/c2*1-3-4-5-11-8(10)6-7(2)9;2*1-3(2)4;/h2*3-6H2,1-2H3;2*3H,1-2H3;/q;;2*-1;+2. The second-order valence-corrected chi connectivity index (χ2v) is 8.32. The molecular formula is C22H42O8Ti. The smallest absolute Gasteiger partial charge is 0.313 e. The van der Waals surface area contributed by atoms with Gasteiger partial charge in [-0.1, -0.05) is 26.7 Å². The zero-order chi connectivity index (χ0) is 24.7. The molecule has 8 nitrogen and oxygen atoms in total. The summed E-state index contributed by atoms with van der Waals surface area (Å²) in [4.78, 5) is 42.1. The molecule has 0 aliphatic carbocycles. The minimum Gasteiger partial charge on any atom is -0.465 e. The molecule has 0 radical (unpaired) electrons. The molecule has 0 aromatic carbocycles. The van der Waals surface area contributed by atoms with Crippen LogP contribution >= 0.6 is 0 Å². The molecule has 0 spiro atoms. The molecule has 31 heavy (non-hydrogen) atoms. The van der Waals surface area contributed by atoms with Crippen molar-refractivity contribution in [3.05, 3.63) is 0 Å². The summed E-state index contributed by atoms with van der Waals surface area (Å²) in [6.45, 7) is 15.7. The Morgan fingerprint density at radius 2 is 1.00 bits per heavy atom. The van der Waals surface area contributed by atoms with Crippen LogP contribution in [-0.4, -0.2) is 48.9 Å². The molecule has 9 heteroatoms. The van der Waals surface area contributed by atoms with Crippen molar-refractivity contribution in [1.29, 1.82) is 0 Å². The van der Waals surface area contributed by atoms with E-state index < -0.39 is 31.9 Å². The first-order chi connectivity index (χ1) is 14.5. The predicted octanol–water partition coefficient (Wildman–Crippen LogP) is 4.37. The Hall–Kier alpha value is -1.09. The van der Waals surface area contributed by atoms with Crippen LogP contribution in [0.4, 0.5) is 0 Å². The minimum atomic E-state index is -0.574. The molecule has 0 bridgehead atoms. The van der Waals surface area contributed by atoms with Gasteiger partial charge in [0.1, 0.15) is 24.4 Å². The van der Waals surface area contributed by atoms with Crippen LogP contribution in [0.2, 0.25) is 0 Å². The van der Waals surface area contributed by atoms with E-state index in [0.29, 0.717) is 25.4 Å². The van der Waals surface area contributed by atoms with E-state index in [0.717, 1.165) is 25.7 Å². The summed E-state index contributed by atoms with van der Waals surface area (Å²) >= 11 is -0.574. The molecule has 0 fully saturated rings. The average Bonchev–Trinajstić information content (AvgIpc) is 2.61. The van der Waals surface area contributed by atoms with Gasteiger partial charge >= 0.3 is 78.4 Å². The van der Waals surface area contributed by atoms with Crippen LogP contribution < -0.4 is 0 Å². The fourth-order valence-corrected chi connectivity index (χ4v) is 2.08. The van der Waals surface area contributed by atoms with Gasteiger partial charge < -0.3 is 9.47 Å². The summed E-state index contributed by atoms with van der Waals surface area (Å²) < 4.78 is 20.0. The van der Waals surface area contributed by atoms with Crippen LogP contribution in [0.5, 0.6) is 0 Å². The van der Waals surface area contributed by atoms with Gasteiger partial charge in [-0.2, -0.15) is 0 Å². The predicted molar refractivity (Wildman–Crippen MR) is 115 cm³/mol. The second kappa shape index (κ2) is 25.2. The van der Waals surface area contributed by atoms with Crippen LogP contribution in [0.25, 0.3) is 0 Å². The third kappa shape index (κ3) is 39.9. The SMILES string of the molecule is CC(C)[O][Ti][O]C(C)C.CCCCOC(=O)CC(C)=O.CCCCOC(=O)CC(C)=O. The number of ether oxygens (including phenoxy) is 2. The van der Waals surface area contributed by atoms with Gasteiger partial charge in [-0.3, -0.25) is 19.2 Å². The van der Waals surface area contributed by atoms with E-state index in [9.17, 15) is 19.2 Å². The normalized spacial score (nSPS) is 9.74. The molecule has 0 aromatic rings. The average molecular weight is 482 g/mol. The summed E-state index contributed by atoms with van der Waals surface area (Å²) in [5.41, 5.74) is 0. The third-order valence-corrected chi connectivity index (χ3v) is 4.65. The molecule has 0 unspecified atom stereocenters. The Morgan fingerprint density at radius 3 is 1.23 bits per heavy atom. The Bertz CT molecular complexity index is 436. The van der Waals surface area contributed by atoms with Crippen molar-refractivity contribution in [2.45, 2.75) is 106 Å². The molecule has 0 atom stereocenters. The van der Waals surface area contributed by atoms with Gasteiger partial charge in [-0.15, -0.1) is 0 Å². The van der Waals surface area contributed by atoms with Crippen LogP contribution in [0.1, 0.15) is 93.9 Å². The van der Waals surface area contributed by atoms with Crippen LogP contribution in [0, 0.1) is 0 Å². The number of hydrogen-bond donors (Lipinski definition) is 0. The number of carbonyl (C=O) groups excluding carboxylic acids is 4. The van der Waals surface area contributed by atoms with Gasteiger partial charge in [0, 0.05) is 0 Å². The zero-order valence-corrected chi connectivity index (χ0v) is 22.1. The molecule has 0 aliphatic heterocycles. The molecule has 0 saturated carbocycles. The van der Waals surface area contributed by atoms with Crippen molar-refractivity contribution in [3.8, 4) is 0 Å². The van der Waals surface area contributed by atoms with Crippen molar-refractivity contribution in [2.75, 3.05) is 13.2 Å². The fraction of sp³-hybridized carbons (Fsp3) is 0.818. The first-order valence-electron chi connectivity index (χ1n) is 10.8. The summed E-state index contributed by atoms with van der Waals surface area (Å²) in [6, 6.07) is 0. The van der Waals surface area contributed by atoms with Gasteiger partial charge in [-0.05, 0) is 26.7 Å². The molecular weight excluding hydrogens is 440 g/mol. The van der Waals surface area contributed by atoms with E-state index in [1.807, 2.05) is 41.5 Å². The molecule has 0 aliphatic rings. The minimum absolute atomic E-state index is 0.0935. The first-order valence-corrected chi connectivity index (χ1v) is 12.1. The molecule has 0 N–H and O–H groups in total. The van der Waals surface area contributed by atoms with Crippen molar-refractivity contribution < 1.29 is 55.2 Å². The molecule has 0 saturated heterocycles. The number of Topliss-reactive ketones (excluding diaryl/α,β-unsaturated/α-hetero) is 2. The van der Waals surface area contributed by atoms with Gasteiger partial charge in [-0.25, -0.2) is 0 Å². The number of hydrogen-bond acceptors (Lipinski definition) is 8. The number of rotatable bonds is 14. The van der Waals surface area contributed by atoms with Crippen molar-refractivity contribution in [3.63, 3.8) is 0 Å². The molecule has 182 valence electrons. The third-order valence-electron chi connectivity index (χ3n) is 2.88. The Balaban J connectivity index is -0.000000382. The van der Waals surface area contributed by atoms with Crippen LogP contribution in [0.15, 0.2) is 0 Å². The fourth-order valence-electron chi connectivity index (χ4n) is 1.39. The van der Waals surface area contributed by atoms with E-state index >= 15 is 0 Å². The zero-order valence-electron chi connectivity index (χ0n) is 20.6. The van der Waals surface area contributed by atoms with Gasteiger partial charge in [0.05, 0.1) is 13.2 Å². The van der Waals surface area contributed by atoms with E-state index in [-0.39, 0.29) is 24.4 Å². The van der Waals surface area contributed by atoms with E-state index in [4.69, 9.17) is 16.1 Å². The van der Waals surface area contributed by atoms with E-state index in [1.165, 1.54) is 13.8 Å². The summed E-state index contributed by atoms with van der Waals surface area (Å²) in [5, 5.41) is 0. The Morgan fingerprint density at radius 1 is 0.677 bits per heavy atom. The largest absolute Gasteiger partial charge is 0.465 e. The maximum absolute atomic E-state index is 10.7. The quantitative estimate of drug-likeness (QED) is 0.156. The summed E-state index contributed by atoms with van der Waals surface area (Å²) in [7, 11) is 0. The van der Waals surface area contributed by atoms with Crippen molar-refractivity contribution in [1.82, 2.24) is 0 Å². The van der Waals surface area contributed by atoms with Crippen LogP contribution in [0.3, 0.4) is 0 Å². The van der Waals surface area contributed by atoms with Gasteiger partial charge in [0.2, 0.25) is 0 Å². The van der Waals surface area contributed by atoms with Crippen LogP contribution in [-0.2, 0) is 55.2 Å². The number of unbranched alkanes of at least 4 members (excludes halogenated alkanes) is 2.